The highest BCUT2D eigenvalue weighted by Crippen LogP contribution is 2.45. The minimum atomic E-state index is -0.494. The van der Waals surface area contributed by atoms with Crippen molar-refractivity contribution in [3.63, 3.8) is 0 Å². The van der Waals surface area contributed by atoms with Gasteiger partial charge in [-0.25, -0.2) is 0 Å². The highest BCUT2D eigenvalue weighted by Gasteiger charge is 2.36. The second-order valence-electron chi connectivity index (χ2n) is 17.8. The lowest BCUT2D eigenvalue weighted by Crippen LogP contribution is -2.36. The number of nitrogens with zero attached hydrogens (tertiary/aromatic N) is 2. The Balaban J connectivity index is 1.40. The summed E-state index contributed by atoms with van der Waals surface area (Å²) in [5.74, 6) is 0.795. The van der Waals surface area contributed by atoms with Crippen molar-refractivity contribution in [1.82, 2.24) is 9.89 Å². The Morgan fingerprint density at radius 3 is 1.46 bits per heavy atom. The SMILES string of the molecule is CCCCC(CC)C(=O)NC1=CC(=[N+](c2ccc(OC)cc2)c2ccc(OC)cc2)C=C/C1=C1\C(=O)C(c2ccc(N(c3ccc(OC)cc3)c3ccc(OC)cc3)cc2NC(=O)C(CC)CCCC)=C1[O-]. The van der Waals surface area contributed by atoms with E-state index in [0.29, 0.717) is 82.6 Å². The van der Waals surface area contributed by atoms with Crippen molar-refractivity contribution in [2.24, 2.45) is 11.8 Å². The topological polar surface area (TPSA) is 142 Å². The first-order valence-electron chi connectivity index (χ1n) is 24.9. The molecule has 0 bridgehead atoms. The van der Waals surface area contributed by atoms with Gasteiger partial charge < -0.3 is 39.6 Å². The Bertz CT molecular complexity index is 2800. The molecular weight excluding hydrogens is 905 g/mol. The monoisotopic (exact) mass is 970 g/mol. The van der Waals surface area contributed by atoms with Gasteiger partial charge in [-0.3, -0.25) is 14.4 Å². The quantitative estimate of drug-likeness (QED) is 0.0512. The molecule has 2 N–H and O–H groups in total. The summed E-state index contributed by atoms with van der Waals surface area (Å²) in [5.41, 5.74) is 5.70. The minimum Gasteiger partial charge on any atom is -0.871 e. The number of hydrogen-bond donors (Lipinski definition) is 2. The third-order valence-electron chi connectivity index (χ3n) is 13.3. The molecule has 5 aromatic carbocycles. The van der Waals surface area contributed by atoms with Crippen molar-refractivity contribution in [3.05, 3.63) is 162 Å². The first-order valence-corrected chi connectivity index (χ1v) is 24.9. The van der Waals surface area contributed by atoms with Gasteiger partial charge in [0.25, 0.3) is 0 Å². The summed E-state index contributed by atoms with van der Waals surface area (Å²) in [6.45, 7) is 8.16. The summed E-state index contributed by atoms with van der Waals surface area (Å²) < 4.78 is 23.9. The molecule has 2 aliphatic rings. The molecule has 12 heteroatoms. The molecule has 12 nitrogen and oxygen atoms in total. The first-order chi connectivity index (χ1) is 35.0. The van der Waals surface area contributed by atoms with E-state index in [-0.39, 0.29) is 34.8 Å². The smallest absolute Gasteiger partial charge is 0.227 e. The highest BCUT2D eigenvalue weighted by atomic mass is 16.5. The van der Waals surface area contributed by atoms with Crippen LogP contribution in [0.4, 0.5) is 34.1 Å². The number of anilines is 4. The largest absolute Gasteiger partial charge is 0.871 e. The van der Waals surface area contributed by atoms with Gasteiger partial charge in [0, 0.05) is 87.6 Å². The minimum absolute atomic E-state index is 0.0530. The zero-order valence-electron chi connectivity index (χ0n) is 42.7. The van der Waals surface area contributed by atoms with Crippen LogP contribution in [0.15, 0.2) is 156 Å². The Morgan fingerprint density at radius 2 is 1.03 bits per heavy atom. The third-order valence-corrected chi connectivity index (χ3v) is 13.3. The first kappa shape index (κ1) is 52.0. The summed E-state index contributed by atoms with van der Waals surface area (Å²) in [5, 5.41) is 21.2. The van der Waals surface area contributed by atoms with Gasteiger partial charge in [0.1, 0.15) is 23.0 Å². The standard InChI is InChI=1S/C60H66N4O8/c1-9-13-15-39(11-3)59(67)61-53-37-45(63(41-17-27-47(69-5)28-18-41)42-19-29-48(70-6)30-20-42)25-35-51(53)55-57(65)56(58(55)66)52-36-26-46(38-54(52)62-60(68)40(12-4)16-14-10-2)64(43-21-31-49(71-7)32-22-43)44-23-33-50(72-8)34-24-44/h17-40H,9-16H2,1-8H3,(H2,61,62,65,66,67,68). The number of allylic oxidation sites excluding steroid dienone is 5. The van der Waals surface area contributed by atoms with Gasteiger partial charge in [-0.2, -0.15) is 4.58 Å². The van der Waals surface area contributed by atoms with Crippen LogP contribution in [0.3, 0.4) is 0 Å². The van der Waals surface area contributed by atoms with E-state index in [9.17, 15) is 19.5 Å². The molecule has 7 rings (SSSR count). The maximum atomic E-state index is 14.9. The van der Waals surface area contributed by atoms with Gasteiger partial charge in [-0.1, -0.05) is 65.2 Å². The molecule has 0 aliphatic heterocycles. The Kier molecular flexibility index (Phi) is 17.6. The molecule has 0 saturated carbocycles. The molecule has 0 spiro atoms. The fourth-order valence-corrected chi connectivity index (χ4v) is 9.10. The molecule has 0 radical (unpaired) electrons. The predicted molar refractivity (Wildman–Crippen MR) is 286 cm³/mol. The number of carbonyl (C=O) groups is 3. The summed E-state index contributed by atoms with van der Waals surface area (Å²) in [4.78, 5) is 45.3. The van der Waals surface area contributed by atoms with E-state index in [0.717, 1.165) is 48.4 Å². The molecule has 0 heterocycles. The van der Waals surface area contributed by atoms with Crippen LogP contribution in [0.25, 0.3) is 5.57 Å². The van der Waals surface area contributed by atoms with Crippen molar-refractivity contribution in [2.75, 3.05) is 38.7 Å². The second kappa shape index (κ2) is 24.3. The normalized spacial score (nSPS) is 15.0. The highest BCUT2D eigenvalue weighted by molar-refractivity contribution is 6.40. The Morgan fingerprint density at radius 1 is 0.583 bits per heavy atom. The van der Waals surface area contributed by atoms with Crippen LogP contribution in [0, 0.1) is 11.8 Å². The average molecular weight is 971 g/mol. The molecule has 0 saturated heterocycles. The molecule has 2 atom stereocenters. The van der Waals surface area contributed by atoms with Gasteiger partial charge >= 0.3 is 0 Å². The number of benzene rings is 5. The van der Waals surface area contributed by atoms with Crippen molar-refractivity contribution in [1.29, 1.82) is 0 Å². The third kappa shape index (κ3) is 11.5. The molecular formula is C60H66N4O8. The zero-order chi connectivity index (χ0) is 51.3. The molecule has 2 aliphatic carbocycles. The molecule has 2 unspecified atom stereocenters. The van der Waals surface area contributed by atoms with Crippen LogP contribution >= 0.6 is 0 Å². The number of ketones is 1. The van der Waals surface area contributed by atoms with E-state index in [1.807, 2.05) is 145 Å². The van der Waals surface area contributed by atoms with Crippen LogP contribution in [0.5, 0.6) is 23.0 Å². The van der Waals surface area contributed by atoms with Gasteiger partial charge in [-0.05, 0) is 117 Å². The Hall–Kier alpha value is -7.86. The number of Topliss-reactive ketones (excluding diaryl/α,β-unsaturated/α-hetero) is 1. The van der Waals surface area contributed by atoms with E-state index in [1.165, 1.54) is 0 Å². The average Bonchev–Trinajstić information content (AvgIpc) is 3.41. The lowest BCUT2D eigenvalue weighted by atomic mass is 9.78. The van der Waals surface area contributed by atoms with E-state index < -0.39 is 11.5 Å². The number of methoxy groups -OCH3 is 4. The Labute approximate surface area is 424 Å². The van der Waals surface area contributed by atoms with Crippen LogP contribution < -0.4 is 44.2 Å². The molecule has 0 aromatic heterocycles. The maximum absolute atomic E-state index is 14.9. The van der Waals surface area contributed by atoms with Crippen molar-refractivity contribution in [3.8, 4) is 23.0 Å². The fraction of sp³-hybridized carbons (Fsp3) is 0.300. The van der Waals surface area contributed by atoms with Gasteiger partial charge in [0.2, 0.25) is 28.9 Å². The van der Waals surface area contributed by atoms with E-state index in [2.05, 4.69) is 24.5 Å². The van der Waals surface area contributed by atoms with E-state index in [1.54, 1.807) is 40.6 Å². The van der Waals surface area contributed by atoms with Gasteiger partial charge in [0.05, 0.1) is 39.8 Å². The number of ether oxygens (including phenoxy) is 4. The van der Waals surface area contributed by atoms with E-state index >= 15 is 0 Å². The van der Waals surface area contributed by atoms with Crippen molar-refractivity contribution >= 4 is 63.0 Å². The maximum Gasteiger partial charge on any atom is 0.227 e. The van der Waals surface area contributed by atoms with Crippen LogP contribution in [0.1, 0.15) is 84.6 Å². The van der Waals surface area contributed by atoms with Gasteiger partial charge in [-0.15, -0.1) is 0 Å². The zero-order valence-corrected chi connectivity index (χ0v) is 42.7. The number of hydrogen-bond acceptors (Lipinski definition) is 9. The number of unbranched alkanes of at least 4 members (excludes halogenated alkanes) is 2. The molecule has 72 heavy (non-hydrogen) atoms. The summed E-state index contributed by atoms with van der Waals surface area (Å²) in [6.07, 6.45) is 11.6. The summed E-state index contributed by atoms with van der Waals surface area (Å²) in [6, 6.07) is 35.8. The van der Waals surface area contributed by atoms with Crippen molar-refractivity contribution < 1.29 is 38.4 Å². The lowest BCUT2D eigenvalue weighted by molar-refractivity contribution is -0.297. The predicted octanol–water partition coefficient (Wildman–Crippen LogP) is 12.1. The van der Waals surface area contributed by atoms with Crippen molar-refractivity contribution in [2.45, 2.75) is 79.1 Å². The molecule has 0 fully saturated rings. The number of nitrogens with one attached hydrogen (secondary N) is 2. The molecule has 5 aromatic rings. The fourth-order valence-electron chi connectivity index (χ4n) is 9.10. The van der Waals surface area contributed by atoms with Gasteiger partial charge in [0.15, 0.2) is 5.78 Å². The molecule has 374 valence electrons. The number of rotatable bonds is 22. The van der Waals surface area contributed by atoms with Crippen LogP contribution in [-0.2, 0) is 14.4 Å². The van der Waals surface area contributed by atoms with Crippen LogP contribution in [0.2, 0.25) is 0 Å². The van der Waals surface area contributed by atoms with Crippen LogP contribution in [-0.4, -0.2) is 51.7 Å². The number of amides is 2. The molecule has 2 amide bonds. The lowest BCUT2D eigenvalue weighted by Gasteiger charge is -2.35. The second-order valence-corrected chi connectivity index (χ2v) is 17.8. The van der Waals surface area contributed by atoms with E-state index in [4.69, 9.17) is 18.9 Å². The number of carbonyl (C=O) groups excluding carboxylic acids is 3. The summed E-state index contributed by atoms with van der Waals surface area (Å²) in [7, 11) is 6.45. The summed E-state index contributed by atoms with van der Waals surface area (Å²) >= 11 is 0.